The van der Waals surface area contributed by atoms with E-state index in [-0.39, 0.29) is 5.91 Å². The first-order chi connectivity index (χ1) is 12.7. The molecule has 1 amide bonds. The maximum Gasteiger partial charge on any atom is 0.292 e. The molecule has 4 nitrogen and oxygen atoms in total. The highest BCUT2D eigenvalue weighted by atomic mass is 32.1. The standard InChI is InChI=1S/C21H16N2O2S/c1-14-22-19(13-26-14)16-7-9-17(10-8-16)23-21(24)20-18(11-12-25-20)15-5-3-2-4-6-15/h2-13H,1H3,(H,23,24). The minimum Gasteiger partial charge on any atom is -0.459 e. The first-order valence-electron chi connectivity index (χ1n) is 8.17. The molecule has 1 N–H and O–H groups in total. The number of benzene rings is 2. The molecule has 0 fully saturated rings. The lowest BCUT2D eigenvalue weighted by Crippen LogP contribution is -2.11. The molecule has 0 atom stereocenters. The molecule has 0 bridgehead atoms. The van der Waals surface area contributed by atoms with E-state index in [1.165, 1.54) is 6.26 Å². The first-order valence-corrected chi connectivity index (χ1v) is 9.05. The Bertz CT molecular complexity index is 1030. The average Bonchev–Trinajstić information content (AvgIpc) is 3.32. The van der Waals surface area contributed by atoms with Crippen molar-refractivity contribution in [3.63, 3.8) is 0 Å². The van der Waals surface area contributed by atoms with Crippen LogP contribution in [0.3, 0.4) is 0 Å². The van der Waals surface area contributed by atoms with Crippen LogP contribution in [0.5, 0.6) is 0 Å². The fraction of sp³-hybridized carbons (Fsp3) is 0.0476. The minimum atomic E-state index is -0.272. The summed E-state index contributed by atoms with van der Waals surface area (Å²) in [6.45, 7) is 1.98. The molecule has 0 spiro atoms. The zero-order valence-electron chi connectivity index (χ0n) is 14.1. The van der Waals surface area contributed by atoms with E-state index in [0.717, 1.165) is 27.4 Å². The molecular weight excluding hydrogens is 344 g/mol. The van der Waals surface area contributed by atoms with Gasteiger partial charge in [0.05, 0.1) is 17.0 Å². The van der Waals surface area contributed by atoms with E-state index in [2.05, 4.69) is 10.3 Å². The summed E-state index contributed by atoms with van der Waals surface area (Å²) in [7, 11) is 0. The van der Waals surface area contributed by atoms with Crippen molar-refractivity contribution < 1.29 is 9.21 Å². The Morgan fingerprint density at radius 2 is 1.77 bits per heavy atom. The van der Waals surface area contributed by atoms with Crippen molar-refractivity contribution in [2.45, 2.75) is 6.92 Å². The molecule has 2 aromatic carbocycles. The lowest BCUT2D eigenvalue weighted by atomic mass is 10.1. The molecule has 2 aromatic heterocycles. The zero-order chi connectivity index (χ0) is 17.9. The number of rotatable bonds is 4. The van der Waals surface area contributed by atoms with E-state index in [1.54, 1.807) is 17.4 Å². The van der Waals surface area contributed by atoms with E-state index in [0.29, 0.717) is 11.4 Å². The van der Waals surface area contributed by atoms with Crippen LogP contribution in [0, 0.1) is 6.92 Å². The van der Waals surface area contributed by atoms with Crippen LogP contribution in [-0.4, -0.2) is 10.9 Å². The van der Waals surface area contributed by atoms with E-state index >= 15 is 0 Å². The number of aryl methyl sites for hydroxylation is 1. The number of aromatic nitrogens is 1. The summed E-state index contributed by atoms with van der Waals surface area (Å²) in [6.07, 6.45) is 1.53. The van der Waals surface area contributed by atoms with Gasteiger partial charge in [0.15, 0.2) is 5.76 Å². The minimum absolute atomic E-state index is 0.272. The fourth-order valence-electron chi connectivity index (χ4n) is 2.74. The Hall–Kier alpha value is -3.18. The van der Waals surface area contributed by atoms with Gasteiger partial charge in [-0.3, -0.25) is 4.79 Å². The Kier molecular flexibility index (Phi) is 4.37. The molecule has 26 heavy (non-hydrogen) atoms. The summed E-state index contributed by atoms with van der Waals surface area (Å²) < 4.78 is 5.43. The molecular formula is C21H16N2O2S. The molecule has 0 saturated heterocycles. The van der Waals surface area contributed by atoms with Crippen molar-refractivity contribution in [3.8, 4) is 22.4 Å². The summed E-state index contributed by atoms with van der Waals surface area (Å²) in [5, 5.41) is 5.94. The molecule has 0 aliphatic carbocycles. The number of hydrogen-bond acceptors (Lipinski definition) is 4. The summed E-state index contributed by atoms with van der Waals surface area (Å²) >= 11 is 1.62. The number of furan rings is 1. The van der Waals surface area contributed by atoms with Crippen LogP contribution in [-0.2, 0) is 0 Å². The molecule has 0 unspecified atom stereocenters. The largest absolute Gasteiger partial charge is 0.459 e. The van der Waals surface area contributed by atoms with Crippen LogP contribution in [0.1, 0.15) is 15.6 Å². The van der Waals surface area contributed by atoms with Crippen molar-refractivity contribution in [2.24, 2.45) is 0 Å². The second-order valence-corrected chi connectivity index (χ2v) is 6.87. The SMILES string of the molecule is Cc1nc(-c2ccc(NC(=O)c3occc3-c3ccccc3)cc2)cs1. The van der Waals surface area contributed by atoms with Crippen molar-refractivity contribution in [1.82, 2.24) is 4.98 Å². The van der Waals surface area contributed by atoms with Crippen LogP contribution >= 0.6 is 11.3 Å². The van der Waals surface area contributed by atoms with Gasteiger partial charge in [-0.1, -0.05) is 42.5 Å². The molecule has 0 radical (unpaired) electrons. The van der Waals surface area contributed by atoms with Gasteiger partial charge in [-0.25, -0.2) is 4.98 Å². The van der Waals surface area contributed by atoms with E-state index in [4.69, 9.17) is 4.42 Å². The second kappa shape index (κ2) is 6.98. The number of nitrogens with zero attached hydrogens (tertiary/aromatic N) is 1. The number of nitrogens with one attached hydrogen (secondary N) is 1. The van der Waals surface area contributed by atoms with E-state index in [1.807, 2.05) is 66.9 Å². The zero-order valence-corrected chi connectivity index (χ0v) is 14.9. The highest BCUT2D eigenvalue weighted by Crippen LogP contribution is 2.26. The molecule has 2 heterocycles. The van der Waals surface area contributed by atoms with Gasteiger partial charge in [-0.05, 0) is 30.7 Å². The normalized spacial score (nSPS) is 10.7. The van der Waals surface area contributed by atoms with Gasteiger partial charge in [0, 0.05) is 22.2 Å². The Labute approximate surface area is 155 Å². The van der Waals surface area contributed by atoms with Crippen molar-refractivity contribution in [1.29, 1.82) is 0 Å². The van der Waals surface area contributed by atoms with Crippen LogP contribution in [0.4, 0.5) is 5.69 Å². The number of carbonyl (C=O) groups is 1. The Morgan fingerprint density at radius 1 is 1.00 bits per heavy atom. The Balaban J connectivity index is 1.53. The van der Waals surface area contributed by atoms with Crippen molar-refractivity contribution in [3.05, 3.63) is 83.1 Å². The van der Waals surface area contributed by atoms with Gasteiger partial charge in [-0.15, -0.1) is 11.3 Å². The number of amides is 1. The molecule has 0 aliphatic rings. The molecule has 4 rings (SSSR count). The van der Waals surface area contributed by atoms with Gasteiger partial charge >= 0.3 is 0 Å². The molecule has 5 heteroatoms. The third-order valence-corrected chi connectivity index (χ3v) is 4.79. The summed E-state index contributed by atoms with van der Waals surface area (Å²) in [4.78, 5) is 17.1. The lowest BCUT2D eigenvalue weighted by molar-refractivity contribution is 0.0997. The predicted octanol–water partition coefficient (Wildman–Crippen LogP) is 5.63. The first kappa shape index (κ1) is 16.3. The molecule has 128 valence electrons. The highest BCUT2D eigenvalue weighted by Gasteiger charge is 2.17. The van der Waals surface area contributed by atoms with Gasteiger partial charge in [0.25, 0.3) is 5.91 Å². The second-order valence-electron chi connectivity index (χ2n) is 5.81. The van der Waals surface area contributed by atoms with Crippen LogP contribution in [0.2, 0.25) is 0 Å². The average molecular weight is 360 g/mol. The van der Waals surface area contributed by atoms with Crippen molar-refractivity contribution in [2.75, 3.05) is 5.32 Å². The van der Waals surface area contributed by atoms with Crippen molar-refractivity contribution >= 4 is 22.9 Å². The Morgan fingerprint density at radius 3 is 2.46 bits per heavy atom. The maximum absolute atomic E-state index is 12.6. The van der Waals surface area contributed by atoms with Gasteiger partial charge in [0.2, 0.25) is 0 Å². The van der Waals surface area contributed by atoms with E-state index in [9.17, 15) is 4.79 Å². The number of hydrogen-bond donors (Lipinski definition) is 1. The summed E-state index contributed by atoms with van der Waals surface area (Å²) in [6, 6.07) is 19.1. The summed E-state index contributed by atoms with van der Waals surface area (Å²) in [5.41, 5.74) is 4.40. The number of anilines is 1. The number of carbonyl (C=O) groups excluding carboxylic acids is 1. The van der Waals surface area contributed by atoms with E-state index < -0.39 is 0 Å². The van der Waals surface area contributed by atoms with Crippen LogP contribution in [0.15, 0.2) is 76.7 Å². The maximum atomic E-state index is 12.6. The topological polar surface area (TPSA) is 55.1 Å². The van der Waals surface area contributed by atoms with Gasteiger partial charge in [-0.2, -0.15) is 0 Å². The third-order valence-electron chi connectivity index (χ3n) is 4.01. The fourth-order valence-corrected chi connectivity index (χ4v) is 3.36. The quantitative estimate of drug-likeness (QED) is 0.513. The molecule has 4 aromatic rings. The lowest BCUT2D eigenvalue weighted by Gasteiger charge is -2.06. The smallest absolute Gasteiger partial charge is 0.292 e. The van der Waals surface area contributed by atoms with Crippen LogP contribution < -0.4 is 5.32 Å². The number of thiazole rings is 1. The van der Waals surface area contributed by atoms with Gasteiger partial charge < -0.3 is 9.73 Å². The van der Waals surface area contributed by atoms with Crippen LogP contribution in [0.25, 0.3) is 22.4 Å². The van der Waals surface area contributed by atoms with Gasteiger partial charge in [0.1, 0.15) is 0 Å². The molecule has 0 saturated carbocycles. The monoisotopic (exact) mass is 360 g/mol. The molecule has 0 aliphatic heterocycles. The summed E-state index contributed by atoms with van der Waals surface area (Å²) in [5.74, 6) is 0.0292. The highest BCUT2D eigenvalue weighted by molar-refractivity contribution is 7.09. The predicted molar refractivity (Wildman–Crippen MR) is 104 cm³/mol. The third kappa shape index (κ3) is 3.30.